The van der Waals surface area contributed by atoms with Crippen LogP contribution in [0.25, 0.3) is 0 Å². The van der Waals surface area contributed by atoms with Gasteiger partial charge < -0.3 is 10.6 Å². The van der Waals surface area contributed by atoms with E-state index < -0.39 is 0 Å². The highest BCUT2D eigenvalue weighted by Gasteiger charge is 2.30. The summed E-state index contributed by atoms with van der Waals surface area (Å²) in [6.07, 6.45) is 6.12. The van der Waals surface area contributed by atoms with E-state index >= 15 is 0 Å². The summed E-state index contributed by atoms with van der Waals surface area (Å²) in [6, 6.07) is 0. The van der Waals surface area contributed by atoms with Gasteiger partial charge in [-0.15, -0.1) is 11.3 Å². The number of hydrogen-bond donors (Lipinski definition) is 2. The first-order valence-electron chi connectivity index (χ1n) is 6.80. The molecule has 0 bridgehead atoms. The summed E-state index contributed by atoms with van der Waals surface area (Å²) < 4.78 is 0. The zero-order chi connectivity index (χ0) is 12.5. The number of hydrogen-bond acceptors (Lipinski definition) is 4. The predicted octanol–water partition coefficient (Wildman–Crippen LogP) is 1.94. The number of nitrogens with one attached hydrogen (secondary N) is 1. The second-order valence-corrected chi connectivity index (χ2v) is 6.39. The van der Waals surface area contributed by atoms with Crippen LogP contribution in [0.3, 0.4) is 0 Å². The summed E-state index contributed by atoms with van der Waals surface area (Å²) in [5.74, 6) is 0.780. The van der Waals surface area contributed by atoms with E-state index in [2.05, 4.69) is 4.90 Å². The van der Waals surface area contributed by atoms with Crippen LogP contribution in [0.2, 0.25) is 0 Å². The molecule has 1 aliphatic carbocycles. The van der Waals surface area contributed by atoms with E-state index in [0.717, 1.165) is 28.5 Å². The van der Waals surface area contributed by atoms with Crippen molar-refractivity contribution in [3.8, 4) is 0 Å². The Labute approximate surface area is 112 Å². The van der Waals surface area contributed by atoms with E-state index in [4.69, 9.17) is 16.1 Å². The lowest BCUT2D eigenvalue weighted by Crippen LogP contribution is -2.21. The number of nitrogens with two attached hydrogens (primary N) is 1. The van der Waals surface area contributed by atoms with Crippen molar-refractivity contribution in [2.75, 3.05) is 19.6 Å². The Kier molecular flexibility index (Phi) is 3.35. The lowest BCUT2D eigenvalue weighted by molar-refractivity contribution is 0.343. The molecule has 4 nitrogen and oxygen atoms in total. The third-order valence-electron chi connectivity index (χ3n) is 3.75. The van der Waals surface area contributed by atoms with Gasteiger partial charge in [0.05, 0.1) is 15.6 Å². The van der Waals surface area contributed by atoms with Crippen molar-refractivity contribution in [3.63, 3.8) is 0 Å². The van der Waals surface area contributed by atoms with Gasteiger partial charge in [0.1, 0.15) is 5.84 Å². The summed E-state index contributed by atoms with van der Waals surface area (Å²) in [6.45, 7) is 3.58. The fourth-order valence-corrected chi connectivity index (χ4v) is 3.57. The van der Waals surface area contributed by atoms with Crippen molar-refractivity contribution in [2.45, 2.75) is 38.0 Å². The normalized spacial score (nSPS) is 20.4. The highest BCUT2D eigenvalue weighted by Crippen LogP contribution is 2.42. The van der Waals surface area contributed by atoms with E-state index in [1.54, 1.807) is 11.3 Å². The van der Waals surface area contributed by atoms with Gasteiger partial charge in [0.15, 0.2) is 0 Å². The van der Waals surface area contributed by atoms with Crippen LogP contribution in [0.5, 0.6) is 0 Å². The monoisotopic (exact) mass is 264 g/mol. The topological polar surface area (TPSA) is 66.0 Å². The van der Waals surface area contributed by atoms with E-state index in [0.29, 0.717) is 5.92 Å². The van der Waals surface area contributed by atoms with Crippen LogP contribution in [0.15, 0.2) is 0 Å². The van der Waals surface area contributed by atoms with Gasteiger partial charge in [-0.25, -0.2) is 4.98 Å². The van der Waals surface area contributed by atoms with Crippen molar-refractivity contribution in [1.29, 1.82) is 5.41 Å². The van der Waals surface area contributed by atoms with Gasteiger partial charge in [-0.2, -0.15) is 0 Å². The number of likely N-dealkylation sites (tertiary alicyclic amines) is 1. The molecule has 0 spiro atoms. The summed E-state index contributed by atoms with van der Waals surface area (Å²) in [5, 5.41) is 8.81. The van der Waals surface area contributed by atoms with Gasteiger partial charge in [-0.3, -0.25) is 5.41 Å². The molecule has 3 rings (SSSR count). The molecule has 2 aliphatic rings. The second kappa shape index (κ2) is 4.97. The maximum absolute atomic E-state index is 7.65. The number of thiazole rings is 1. The van der Waals surface area contributed by atoms with E-state index in [9.17, 15) is 0 Å². The smallest absolute Gasteiger partial charge is 0.135 e. The van der Waals surface area contributed by atoms with Crippen LogP contribution in [-0.4, -0.2) is 35.4 Å². The Morgan fingerprint density at radius 2 is 2.11 bits per heavy atom. The lowest BCUT2D eigenvalue weighted by Gasteiger charge is -2.12. The zero-order valence-corrected chi connectivity index (χ0v) is 11.4. The van der Waals surface area contributed by atoms with E-state index in [1.807, 2.05) is 0 Å². The first kappa shape index (κ1) is 12.1. The average molecular weight is 264 g/mol. The summed E-state index contributed by atoms with van der Waals surface area (Å²) in [5.41, 5.74) is 6.76. The summed E-state index contributed by atoms with van der Waals surface area (Å²) in [7, 11) is 0. The Hall–Kier alpha value is -0.940. The molecule has 0 radical (unpaired) electrons. The molecule has 98 valence electrons. The SMILES string of the molecule is N=C(N)c1sc(CCN2CCCC2)nc1C1CC1. The van der Waals surface area contributed by atoms with Crippen LogP contribution >= 0.6 is 11.3 Å². The Balaban J connectivity index is 1.67. The maximum Gasteiger partial charge on any atom is 0.135 e. The molecular formula is C13H20N4S. The molecule has 0 amide bonds. The highest BCUT2D eigenvalue weighted by atomic mass is 32.1. The van der Waals surface area contributed by atoms with Crippen molar-refractivity contribution in [2.24, 2.45) is 5.73 Å². The van der Waals surface area contributed by atoms with Crippen molar-refractivity contribution < 1.29 is 0 Å². The Morgan fingerprint density at radius 1 is 1.39 bits per heavy atom. The van der Waals surface area contributed by atoms with Gasteiger partial charge in [0, 0.05) is 18.9 Å². The second-order valence-electron chi connectivity index (χ2n) is 5.31. The lowest BCUT2D eigenvalue weighted by atomic mass is 10.2. The predicted molar refractivity (Wildman–Crippen MR) is 74.5 cm³/mol. The molecule has 3 N–H and O–H groups in total. The first-order chi connectivity index (χ1) is 8.74. The quantitative estimate of drug-likeness (QED) is 0.631. The van der Waals surface area contributed by atoms with Crippen LogP contribution in [0, 0.1) is 5.41 Å². The molecule has 0 atom stereocenters. The molecule has 2 fully saturated rings. The molecule has 1 saturated heterocycles. The molecule has 0 unspecified atom stereocenters. The Bertz CT molecular complexity index is 444. The molecule has 5 heteroatoms. The third-order valence-corrected chi connectivity index (χ3v) is 4.91. The highest BCUT2D eigenvalue weighted by molar-refractivity contribution is 7.13. The van der Waals surface area contributed by atoms with Crippen LogP contribution < -0.4 is 5.73 Å². The fraction of sp³-hybridized carbons (Fsp3) is 0.692. The van der Waals surface area contributed by atoms with Crippen LogP contribution in [-0.2, 0) is 6.42 Å². The van der Waals surface area contributed by atoms with Crippen molar-refractivity contribution >= 4 is 17.2 Å². The van der Waals surface area contributed by atoms with Crippen LogP contribution in [0.4, 0.5) is 0 Å². The number of rotatable bonds is 5. The van der Waals surface area contributed by atoms with E-state index in [1.165, 1.54) is 38.8 Å². The molecule has 1 saturated carbocycles. The van der Waals surface area contributed by atoms with Gasteiger partial charge >= 0.3 is 0 Å². The summed E-state index contributed by atoms with van der Waals surface area (Å²) in [4.78, 5) is 8.16. The molecule has 18 heavy (non-hydrogen) atoms. The molecule has 1 aromatic heterocycles. The molecule has 0 aromatic carbocycles. The fourth-order valence-electron chi connectivity index (χ4n) is 2.57. The largest absolute Gasteiger partial charge is 0.383 e. The third kappa shape index (κ3) is 2.57. The first-order valence-corrected chi connectivity index (χ1v) is 7.62. The van der Waals surface area contributed by atoms with Gasteiger partial charge in [0.25, 0.3) is 0 Å². The number of nitrogens with zero attached hydrogens (tertiary/aromatic N) is 2. The molecule has 2 heterocycles. The van der Waals surface area contributed by atoms with Gasteiger partial charge in [-0.05, 0) is 38.8 Å². The average Bonchev–Trinajstić information content (AvgIpc) is 2.91. The van der Waals surface area contributed by atoms with Crippen LogP contribution in [0.1, 0.15) is 47.2 Å². The zero-order valence-electron chi connectivity index (χ0n) is 10.6. The molecule has 1 aliphatic heterocycles. The minimum atomic E-state index is 0.196. The minimum absolute atomic E-state index is 0.196. The minimum Gasteiger partial charge on any atom is -0.383 e. The Morgan fingerprint density at radius 3 is 2.72 bits per heavy atom. The number of aromatic nitrogens is 1. The van der Waals surface area contributed by atoms with Gasteiger partial charge in [-0.1, -0.05) is 0 Å². The van der Waals surface area contributed by atoms with E-state index in [-0.39, 0.29) is 5.84 Å². The number of amidine groups is 1. The maximum atomic E-state index is 7.65. The summed E-state index contributed by atoms with van der Waals surface area (Å²) >= 11 is 1.63. The molecular weight excluding hydrogens is 244 g/mol. The van der Waals surface area contributed by atoms with Gasteiger partial charge in [0.2, 0.25) is 0 Å². The van der Waals surface area contributed by atoms with Crippen molar-refractivity contribution in [1.82, 2.24) is 9.88 Å². The number of nitrogen functional groups attached to an aromatic ring is 1. The van der Waals surface area contributed by atoms with Crippen molar-refractivity contribution in [3.05, 3.63) is 15.6 Å². The standard InChI is InChI=1S/C13H20N4S/c14-13(15)12-11(9-3-4-9)16-10(18-12)5-8-17-6-1-2-7-17/h9H,1-8H2,(H3,14,15). The molecule has 1 aromatic rings.